The van der Waals surface area contributed by atoms with E-state index in [2.05, 4.69) is 5.32 Å². The first-order chi connectivity index (χ1) is 8.97. The van der Waals surface area contributed by atoms with Gasteiger partial charge in [0.15, 0.2) is 0 Å². The quantitative estimate of drug-likeness (QED) is 0.627. The summed E-state index contributed by atoms with van der Waals surface area (Å²) in [6.45, 7) is 4.35. The van der Waals surface area contributed by atoms with Crippen molar-refractivity contribution in [3.63, 3.8) is 0 Å². The molecule has 3 amide bonds. The van der Waals surface area contributed by atoms with E-state index in [1.165, 1.54) is 0 Å². The van der Waals surface area contributed by atoms with Crippen molar-refractivity contribution in [3.05, 3.63) is 0 Å². The Bertz CT molecular complexity index is 316. The smallest absolute Gasteiger partial charge is 0.312 e. The van der Waals surface area contributed by atoms with Gasteiger partial charge in [-0.1, -0.05) is 13.8 Å². The molecule has 1 unspecified atom stereocenters. The third-order valence-corrected chi connectivity index (χ3v) is 3.59. The number of amides is 3. The van der Waals surface area contributed by atoms with Crippen LogP contribution in [0.2, 0.25) is 0 Å². The van der Waals surface area contributed by atoms with E-state index >= 15 is 0 Å². The number of nitrogens with two attached hydrogens (primary N) is 1. The second-order valence-corrected chi connectivity index (χ2v) is 5.42. The second kappa shape index (κ2) is 7.33. The molecule has 4 N–H and O–H groups in total. The molecule has 6 nitrogen and oxygen atoms in total. The van der Waals surface area contributed by atoms with E-state index in [0.29, 0.717) is 13.0 Å². The summed E-state index contributed by atoms with van der Waals surface area (Å²) in [5.74, 6) is -0.108. The van der Waals surface area contributed by atoms with E-state index in [-0.39, 0.29) is 24.5 Å². The zero-order chi connectivity index (χ0) is 14.4. The number of aliphatic hydroxyl groups is 1. The van der Waals surface area contributed by atoms with E-state index < -0.39 is 12.1 Å². The Morgan fingerprint density at radius 3 is 2.42 bits per heavy atom. The number of hydrogen-bond acceptors (Lipinski definition) is 3. The van der Waals surface area contributed by atoms with Gasteiger partial charge in [-0.25, -0.2) is 4.79 Å². The highest BCUT2D eigenvalue weighted by Crippen LogP contribution is 2.26. The van der Waals surface area contributed by atoms with E-state index in [1.54, 1.807) is 4.90 Å². The van der Waals surface area contributed by atoms with Crippen LogP contribution in [-0.4, -0.2) is 47.2 Å². The van der Waals surface area contributed by atoms with Crippen LogP contribution < -0.4 is 11.1 Å². The maximum Gasteiger partial charge on any atom is 0.312 e. The Kier molecular flexibility index (Phi) is 6.08. The molecule has 0 aromatic carbocycles. The predicted octanol–water partition coefficient (Wildman–Crippen LogP) is 0.443. The molecule has 110 valence electrons. The van der Waals surface area contributed by atoms with Crippen LogP contribution in [0.5, 0.6) is 0 Å². The fraction of sp³-hybridized carbons (Fsp3) is 0.846. The van der Waals surface area contributed by atoms with Gasteiger partial charge in [0.25, 0.3) is 0 Å². The van der Waals surface area contributed by atoms with Crippen LogP contribution in [-0.2, 0) is 4.79 Å². The second-order valence-electron chi connectivity index (χ2n) is 5.42. The molecule has 1 atom stereocenters. The van der Waals surface area contributed by atoms with E-state index in [1.807, 2.05) is 13.8 Å². The maximum absolute atomic E-state index is 12.5. The maximum atomic E-state index is 12.5. The van der Waals surface area contributed by atoms with Gasteiger partial charge in [-0.2, -0.15) is 0 Å². The highest BCUT2D eigenvalue weighted by Gasteiger charge is 2.34. The first-order valence-corrected chi connectivity index (χ1v) is 6.94. The fourth-order valence-electron chi connectivity index (χ4n) is 2.26. The van der Waals surface area contributed by atoms with Crippen molar-refractivity contribution in [2.24, 2.45) is 11.7 Å². The van der Waals surface area contributed by atoms with Gasteiger partial charge in [0.05, 0.1) is 0 Å². The van der Waals surface area contributed by atoms with Crippen molar-refractivity contribution >= 4 is 11.9 Å². The van der Waals surface area contributed by atoms with Crippen LogP contribution in [0.25, 0.3) is 0 Å². The van der Waals surface area contributed by atoms with Crippen LogP contribution >= 0.6 is 0 Å². The van der Waals surface area contributed by atoms with Crippen molar-refractivity contribution in [1.82, 2.24) is 10.2 Å². The number of hydrogen-bond donors (Lipinski definition) is 3. The highest BCUT2D eigenvalue weighted by molar-refractivity contribution is 5.87. The van der Waals surface area contributed by atoms with Crippen molar-refractivity contribution < 1.29 is 14.7 Å². The number of nitrogens with one attached hydrogen (secondary N) is 1. The first-order valence-electron chi connectivity index (χ1n) is 6.94. The summed E-state index contributed by atoms with van der Waals surface area (Å²) in [4.78, 5) is 25.3. The predicted molar refractivity (Wildman–Crippen MR) is 72.4 cm³/mol. The minimum absolute atomic E-state index is 0.0169. The molecule has 1 saturated carbocycles. The van der Waals surface area contributed by atoms with Gasteiger partial charge in [0.1, 0.15) is 6.04 Å². The molecular weight excluding hydrogens is 246 g/mol. The topological polar surface area (TPSA) is 95.7 Å². The summed E-state index contributed by atoms with van der Waals surface area (Å²) >= 11 is 0. The Morgan fingerprint density at radius 1 is 1.42 bits per heavy atom. The lowest BCUT2D eigenvalue weighted by Crippen LogP contribution is -2.56. The molecule has 1 aliphatic carbocycles. The molecular formula is C13H25N3O3. The van der Waals surface area contributed by atoms with Gasteiger partial charge in [-0.15, -0.1) is 0 Å². The molecule has 0 heterocycles. The van der Waals surface area contributed by atoms with Crippen LogP contribution in [0, 0.1) is 5.92 Å². The Labute approximate surface area is 114 Å². The summed E-state index contributed by atoms with van der Waals surface area (Å²) in [7, 11) is 0. The van der Waals surface area contributed by atoms with Gasteiger partial charge < -0.3 is 21.1 Å². The highest BCUT2D eigenvalue weighted by atomic mass is 16.3. The monoisotopic (exact) mass is 271 g/mol. The number of primary amides is 1. The summed E-state index contributed by atoms with van der Waals surface area (Å²) in [5, 5.41) is 11.5. The zero-order valence-electron chi connectivity index (χ0n) is 11.8. The molecule has 0 aromatic heterocycles. The lowest BCUT2D eigenvalue weighted by Gasteiger charge is -2.40. The number of aliphatic hydroxyl groups excluding tert-OH is 1. The summed E-state index contributed by atoms with van der Waals surface area (Å²) in [6.07, 6.45) is 3.68. The van der Waals surface area contributed by atoms with Gasteiger partial charge in [0.2, 0.25) is 5.91 Å². The molecule has 19 heavy (non-hydrogen) atoms. The molecule has 0 spiro atoms. The van der Waals surface area contributed by atoms with Gasteiger partial charge >= 0.3 is 6.03 Å². The largest absolute Gasteiger partial charge is 0.396 e. The van der Waals surface area contributed by atoms with Crippen molar-refractivity contribution in [1.29, 1.82) is 0 Å². The van der Waals surface area contributed by atoms with Gasteiger partial charge in [-0.3, -0.25) is 4.79 Å². The molecule has 0 saturated heterocycles. The molecule has 1 rings (SSSR count). The summed E-state index contributed by atoms with van der Waals surface area (Å²) in [5.41, 5.74) is 5.13. The summed E-state index contributed by atoms with van der Waals surface area (Å²) in [6, 6.07) is -1.02. The van der Waals surface area contributed by atoms with Crippen LogP contribution in [0.15, 0.2) is 0 Å². The molecule has 1 fully saturated rings. The minimum Gasteiger partial charge on any atom is -0.396 e. The van der Waals surface area contributed by atoms with E-state index in [0.717, 1.165) is 19.3 Å². The Hall–Kier alpha value is -1.30. The van der Waals surface area contributed by atoms with E-state index in [9.17, 15) is 9.59 Å². The Morgan fingerprint density at radius 2 is 2.05 bits per heavy atom. The lowest BCUT2D eigenvalue weighted by molar-refractivity contribution is -0.138. The lowest BCUT2D eigenvalue weighted by atomic mass is 9.90. The van der Waals surface area contributed by atoms with E-state index in [4.69, 9.17) is 10.8 Å². The zero-order valence-corrected chi connectivity index (χ0v) is 11.8. The number of carbonyl (C=O) groups excluding carboxylic acids is 2. The summed E-state index contributed by atoms with van der Waals surface area (Å²) < 4.78 is 0. The number of rotatable bonds is 7. The van der Waals surface area contributed by atoms with Gasteiger partial charge in [0, 0.05) is 19.2 Å². The average Bonchev–Trinajstić information content (AvgIpc) is 2.27. The third kappa shape index (κ3) is 4.38. The third-order valence-electron chi connectivity index (χ3n) is 3.59. The van der Waals surface area contributed by atoms with Crippen molar-refractivity contribution in [2.75, 3.05) is 13.2 Å². The normalized spacial score (nSPS) is 16.8. The fourth-order valence-corrected chi connectivity index (χ4v) is 2.26. The van der Waals surface area contributed by atoms with Gasteiger partial charge in [-0.05, 0) is 31.6 Å². The van der Waals surface area contributed by atoms with Crippen LogP contribution in [0.1, 0.15) is 39.5 Å². The molecule has 0 radical (unpaired) electrons. The standard InChI is InChI=1S/C13H25N3O3/c1-9(2)11(15-13(14)19)12(18)16(7-4-8-17)10-5-3-6-10/h9-11,17H,3-8H2,1-2H3,(H3,14,15,19). The number of urea groups is 1. The average molecular weight is 271 g/mol. The molecule has 0 aromatic rings. The number of nitrogens with zero attached hydrogens (tertiary/aromatic N) is 1. The van der Waals surface area contributed by atoms with Crippen molar-refractivity contribution in [3.8, 4) is 0 Å². The minimum atomic E-state index is -0.678. The molecule has 0 bridgehead atoms. The molecule has 1 aliphatic rings. The SMILES string of the molecule is CC(C)C(NC(N)=O)C(=O)N(CCCO)C1CCC1. The first kappa shape index (κ1) is 15.8. The number of carbonyl (C=O) groups is 2. The molecule has 0 aliphatic heterocycles. The molecule has 6 heteroatoms. The van der Waals surface area contributed by atoms with Crippen LogP contribution in [0.3, 0.4) is 0 Å². The van der Waals surface area contributed by atoms with Crippen molar-refractivity contribution in [2.45, 2.75) is 51.6 Å². The van der Waals surface area contributed by atoms with Crippen LogP contribution in [0.4, 0.5) is 4.79 Å². The Balaban J connectivity index is 2.73.